The molecule has 0 unspecified atom stereocenters. The van der Waals surface area contributed by atoms with Crippen LogP contribution in [0.1, 0.15) is 11.1 Å². The van der Waals surface area contributed by atoms with Crippen LogP contribution in [0.5, 0.6) is 5.75 Å². The number of nitrogens with one attached hydrogen (secondary N) is 1. The van der Waals surface area contributed by atoms with Crippen molar-refractivity contribution >= 4 is 33.2 Å². The van der Waals surface area contributed by atoms with E-state index in [2.05, 4.69) is 21.2 Å². The van der Waals surface area contributed by atoms with Gasteiger partial charge in [0.1, 0.15) is 5.75 Å². The minimum atomic E-state index is -0.214. The number of ether oxygens (including phenoxy) is 1. The zero-order chi connectivity index (χ0) is 15.4. The van der Waals surface area contributed by atoms with Gasteiger partial charge in [0.2, 0.25) is 0 Å². The molecule has 2 rings (SSSR count). The molecule has 0 aliphatic carbocycles. The smallest absolute Gasteiger partial charge is 0.262 e. The lowest BCUT2D eigenvalue weighted by atomic mass is 10.1. The summed E-state index contributed by atoms with van der Waals surface area (Å²) in [5.41, 5.74) is 9.03. The number of anilines is 2. The first-order valence-electron chi connectivity index (χ1n) is 6.51. The van der Waals surface area contributed by atoms with Crippen molar-refractivity contribution in [1.29, 1.82) is 0 Å². The molecular formula is C16H17BrN2O2. The zero-order valence-electron chi connectivity index (χ0n) is 11.9. The van der Waals surface area contributed by atoms with Crippen LogP contribution in [0.25, 0.3) is 0 Å². The van der Waals surface area contributed by atoms with E-state index in [9.17, 15) is 4.79 Å². The van der Waals surface area contributed by atoms with Crippen LogP contribution < -0.4 is 15.8 Å². The van der Waals surface area contributed by atoms with Crippen molar-refractivity contribution in [3.63, 3.8) is 0 Å². The summed E-state index contributed by atoms with van der Waals surface area (Å²) >= 11 is 3.36. The van der Waals surface area contributed by atoms with Crippen LogP contribution in [0, 0.1) is 13.8 Å². The summed E-state index contributed by atoms with van der Waals surface area (Å²) in [7, 11) is 0. The Morgan fingerprint density at radius 2 is 2.05 bits per heavy atom. The molecule has 1 amide bonds. The van der Waals surface area contributed by atoms with Crippen LogP contribution in [0.15, 0.2) is 40.9 Å². The highest BCUT2D eigenvalue weighted by Crippen LogP contribution is 2.27. The number of nitrogens with two attached hydrogens (primary N) is 1. The van der Waals surface area contributed by atoms with Crippen molar-refractivity contribution in [2.45, 2.75) is 13.8 Å². The number of benzene rings is 2. The van der Waals surface area contributed by atoms with E-state index in [1.54, 1.807) is 0 Å². The maximum Gasteiger partial charge on any atom is 0.262 e. The van der Waals surface area contributed by atoms with Gasteiger partial charge in [0.15, 0.2) is 6.61 Å². The number of halogens is 1. The van der Waals surface area contributed by atoms with Gasteiger partial charge in [-0.15, -0.1) is 0 Å². The lowest BCUT2D eigenvalue weighted by molar-refractivity contribution is -0.118. The largest absolute Gasteiger partial charge is 0.483 e. The van der Waals surface area contributed by atoms with E-state index in [-0.39, 0.29) is 12.5 Å². The van der Waals surface area contributed by atoms with Gasteiger partial charge in [0, 0.05) is 21.4 Å². The van der Waals surface area contributed by atoms with E-state index in [0.717, 1.165) is 21.3 Å². The van der Waals surface area contributed by atoms with E-state index in [0.29, 0.717) is 11.4 Å². The van der Waals surface area contributed by atoms with Crippen molar-refractivity contribution < 1.29 is 9.53 Å². The third kappa shape index (κ3) is 3.98. The minimum absolute atomic E-state index is 0.0579. The fourth-order valence-electron chi connectivity index (χ4n) is 1.97. The summed E-state index contributed by atoms with van der Waals surface area (Å²) in [4.78, 5) is 11.9. The molecule has 0 spiro atoms. The third-order valence-corrected chi connectivity index (χ3v) is 3.59. The Balaban J connectivity index is 2.00. The monoisotopic (exact) mass is 348 g/mol. The number of carbonyl (C=O) groups is 1. The molecule has 0 heterocycles. The molecule has 21 heavy (non-hydrogen) atoms. The second kappa shape index (κ2) is 6.63. The molecule has 0 fully saturated rings. The average Bonchev–Trinajstić information content (AvgIpc) is 2.43. The average molecular weight is 349 g/mol. The number of hydrogen-bond donors (Lipinski definition) is 2. The number of carbonyl (C=O) groups excluding carboxylic acids is 1. The van der Waals surface area contributed by atoms with Crippen LogP contribution in [0.2, 0.25) is 0 Å². The molecule has 0 saturated heterocycles. The molecule has 2 aromatic rings. The molecule has 0 radical (unpaired) electrons. The Bertz CT molecular complexity index is 671. The van der Waals surface area contributed by atoms with Gasteiger partial charge < -0.3 is 15.8 Å². The Kier molecular flexibility index (Phi) is 4.85. The van der Waals surface area contributed by atoms with Gasteiger partial charge in [-0.05, 0) is 43.7 Å². The van der Waals surface area contributed by atoms with Gasteiger partial charge in [-0.25, -0.2) is 0 Å². The maximum absolute atomic E-state index is 11.9. The third-order valence-electron chi connectivity index (χ3n) is 3.10. The van der Waals surface area contributed by atoms with Crippen LogP contribution in [0.4, 0.5) is 11.4 Å². The molecule has 5 heteroatoms. The number of nitrogen functional groups attached to an aromatic ring is 1. The molecule has 0 aromatic heterocycles. The molecule has 0 aliphatic heterocycles. The highest BCUT2D eigenvalue weighted by Gasteiger charge is 2.10. The van der Waals surface area contributed by atoms with Crippen LogP contribution in [-0.2, 0) is 4.79 Å². The minimum Gasteiger partial charge on any atom is -0.483 e. The van der Waals surface area contributed by atoms with E-state index in [1.807, 2.05) is 50.2 Å². The molecular weight excluding hydrogens is 332 g/mol. The SMILES string of the molecule is Cc1ccc(N)c(C)c1OCC(=O)Nc1cccc(Br)c1. The summed E-state index contributed by atoms with van der Waals surface area (Å²) in [5.74, 6) is 0.453. The summed E-state index contributed by atoms with van der Waals surface area (Å²) in [6.45, 7) is 3.75. The molecule has 4 nitrogen and oxygen atoms in total. The van der Waals surface area contributed by atoms with E-state index < -0.39 is 0 Å². The van der Waals surface area contributed by atoms with Crippen LogP contribution >= 0.6 is 15.9 Å². The fraction of sp³-hybridized carbons (Fsp3) is 0.188. The second-order valence-corrected chi connectivity index (χ2v) is 5.69. The fourth-order valence-corrected chi connectivity index (χ4v) is 2.36. The summed E-state index contributed by atoms with van der Waals surface area (Å²) in [6, 6.07) is 11.1. The number of hydrogen-bond acceptors (Lipinski definition) is 3. The predicted octanol–water partition coefficient (Wildman–Crippen LogP) is 3.67. The summed E-state index contributed by atoms with van der Waals surface area (Å²) in [5, 5.41) is 2.78. The lowest BCUT2D eigenvalue weighted by Gasteiger charge is -2.13. The standard InChI is InChI=1S/C16H17BrN2O2/c1-10-6-7-14(18)11(2)16(10)21-9-15(20)19-13-5-3-4-12(17)8-13/h3-8H,9,18H2,1-2H3,(H,19,20). The highest BCUT2D eigenvalue weighted by molar-refractivity contribution is 9.10. The van der Waals surface area contributed by atoms with Crippen molar-refractivity contribution in [3.8, 4) is 5.75 Å². The van der Waals surface area contributed by atoms with Gasteiger partial charge in [-0.2, -0.15) is 0 Å². The topological polar surface area (TPSA) is 64.3 Å². The Labute approximate surface area is 132 Å². The molecule has 0 aliphatic rings. The number of rotatable bonds is 4. The van der Waals surface area contributed by atoms with Gasteiger partial charge in [-0.3, -0.25) is 4.79 Å². The quantitative estimate of drug-likeness (QED) is 0.828. The first-order chi connectivity index (χ1) is 9.97. The van der Waals surface area contributed by atoms with Gasteiger partial charge >= 0.3 is 0 Å². The van der Waals surface area contributed by atoms with Crippen molar-refractivity contribution in [3.05, 3.63) is 52.0 Å². The number of amides is 1. The second-order valence-electron chi connectivity index (χ2n) is 4.77. The number of aryl methyl sites for hydroxylation is 1. The van der Waals surface area contributed by atoms with E-state index >= 15 is 0 Å². The van der Waals surface area contributed by atoms with Crippen molar-refractivity contribution in [1.82, 2.24) is 0 Å². The van der Waals surface area contributed by atoms with E-state index in [1.165, 1.54) is 0 Å². The predicted molar refractivity (Wildman–Crippen MR) is 88.6 cm³/mol. The molecule has 3 N–H and O–H groups in total. The van der Waals surface area contributed by atoms with Crippen molar-refractivity contribution in [2.75, 3.05) is 17.7 Å². The lowest BCUT2D eigenvalue weighted by Crippen LogP contribution is -2.20. The van der Waals surface area contributed by atoms with Gasteiger partial charge in [-0.1, -0.05) is 28.1 Å². The molecule has 0 saturated carbocycles. The van der Waals surface area contributed by atoms with Gasteiger partial charge in [0.25, 0.3) is 5.91 Å². The van der Waals surface area contributed by atoms with Crippen LogP contribution in [0.3, 0.4) is 0 Å². The Morgan fingerprint density at radius 3 is 2.76 bits per heavy atom. The highest BCUT2D eigenvalue weighted by atomic mass is 79.9. The molecule has 0 bridgehead atoms. The summed E-state index contributed by atoms with van der Waals surface area (Å²) in [6.07, 6.45) is 0. The normalized spacial score (nSPS) is 10.2. The Morgan fingerprint density at radius 1 is 1.29 bits per heavy atom. The molecule has 0 atom stereocenters. The molecule has 2 aromatic carbocycles. The van der Waals surface area contributed by atoms with Crippen LogP contribution in [-0.4, -0.2) is 12.5 Å². The first kappa shape index (κ1) is 15.4. The Hall–Kier alpha value is -2.01. The van der Waals surface area contributed by atoms with E-state index in [4.69, 9.17) is 10.5 Å². The molecule has 110 valence electrons. The maximum atomic E-state index is 11.9. The zero-order valence-corrected chi connectivity index (χ0v) is 13.5. The van der Waals surface area contributed by atoms with Gasteiger partial charge in [0.05, 0.1) is 0 Å². The summed E-state index contributed by atoms with van der Waals surface area (Å²) < 4.78 is 6.52. The first-order valence-corrected chi connectivity index (χ1v) is 7.30. The van der Waals surface area contributed by atoms with Crippen molar-refractivity contribution in [2.24, 2.45) is 0 Å².